The summed E-state index contributed by atoms with van der Waals surface area (Å²) in [4.78, 5) is 16.3. The van der Waals surface area contributed by atoms with Crippen molar-refractivity contribution in [2.75, 3.05) is 0 Å². The zero-order chi connectivity index (χ0) is 11.9. The van der Waals surface area contributed by atoms with Gasteiger partial charge in [0, 0.05) is 18.0 Å². The predicted molar refractivity (Wildman–Crippen MR) is 72.5 cm³/mol. The molecule has 0 unspecified atom stereocenters. The monoisotopic (exact) mass is 252 g/mol. The maximum absolute atomic E-state index is 4.61. The van der Waals surface area contributed by atoms with Gasteiger partial charge < -0.3 is 4.98 Å². The van der Waals surface area contributed by atoms with Crippen molar-refractivity contribution in [3.05, 3.63) is 42.2 Å². The molecule has 1 N–H and O–H groups in total. The van der Waals surface area contributed by atoms with Gasteiger partial charge in [-0.25, -0.2) is 9.97 Å². The summed E-state index contributed by atoms with van der Waals surface area (Å²) in [5.74, 6) is 0.866. The number of aromatic amines is 1. The fourth-order valence-electron chi connectivity index (χ4n) is 2.01. The normalized spacial score (nSPS) is 11.3. The van der Waals surface area contributed by atoms with Crippen molar-refractivity contribution >= 4 is 32.6 Å². The molecule has 18 heavy (non-hydrogen) atoms. The number of thiazole rings is 1. The smallest absolute Gasteiger partial charge is 0.138 e. The van der Waals surface area contributed by atoms with Gasteiger partial charge in [0.05, 0.1) is 26.8 Å². The maximum Gasteiger partial charge on any atom is 0.138 e. The van der Waals surface area contributed by atoms with Gasteiger partial charge in [0.15, 0.2) is 0 Å². The van der Waals surface area contributed by atoms with E-state index in [0.29, 0.717) is 0 Å². The molecule has 3 aromatic heterocycles. The molecule has 3 heterocycles. The molecule has 5 heteroatoms. The van der Waals surface area contributed by atoms with Gasteiger partial charge in [-0.2, -0.15) is 0 Å². The number of pyridine rings is 1. The molecule has 4 rings (SSSR count). The van der Waals surface area contributed by atoms with Crippen LogP contribution in [-0.4, -0.2) is 19.9 Å². The van der Waals surface area contributed by atoms with E-state index < -0.39 is 0 Å². The second-order valence-corrected chi connectivity index (χ2v) is 4.90. The van der Waals surface area contributed by atoms with E-state index in [-0.39, 0.29) is 0 Å². The Labute approximate surface area is 106 Å². The molecule has 0 aliphatic carbocycles. The Balaban J connectivity index is 1.98. The van der Waals surface area contributed by atoms with Gasteiger partial charge >= 0.3 is 0 Å². The Morgan fingerprint density at radius 2 is 1.94 bits per heavy atom. The lowest BCUT2D eigenvalue weighted by Crippen LogP contribution is -1.79. The Morgan fingerprint density at radius 1 is 1.06 bits per heavy atom. The van der Waals surface area contributed by atoms with Crippen LogP contribution in [-0.2, 0) is 0 Å². The van der Waals surface area contributed by atoms with Gasteiger partial charge in [0.2, 0.25) is 0 Å². The number of benzene rings is 1. The topological polar surface area (TPSA) is 54.5 Å². The predicted octanol–water partition coefficient (Wildman–Crippen LogP) is 3.23. The summed E-state index contributed by atoms with van der Waals surface area (Å²) >= 11 is 1.63. The first-order valence-electron chi connectivity index (χ1n) is 5.53. The van der Waals surface area contributed by atoms with Gasteiger partial charge in [0.25, 0.3) is 0 Å². The van der Waals surface area contributed by atoms with Crippen LogP contribution in [0.4, 0.5) is 0 Å². The molecule has 0 spiro atoms. The minimum absolute atomic E-state index is 0.866. The van der Waals surface area contributed by atoms with Crippen LogP contribution in [0.1, 0.15) is 0 Å². The molecule has 4 aromatic rings. The van der Waals surface area contributed by atoms with Gasteiger partial charge in [-0.05, 0) is 24.3 Å². The highest BCUT2D eigenvalue weighted by Gasteiger charge is 2.07. The van der Waals surface area contributed by atoms with Crippen molar-refractivity contribution in [3.63, 3.8) is 0 Å². The van der Waals surface area contributed by atoms with Crippen molar-refractivity contribution in [2.24, 2.45) is 0 Å². The number of nitrogens with one attached hydrogen (secondary N) is 1. The van der Waals surface area contributed by atoms with Crippen molar-refractivity contribution in [3.8, 4) is 11.4 Å². The van der Waals surface area contributed by atoms with E-state index in [0.717, 1.165) is 32.6 Å². The molecule has 0 saturated heterocycles. The standard InChI is InChI=1S/C13H8N4S/c1-3-14-4-2-8(1)13-16-9-5-11-12(18-7-15-11)6-10(9)17-13/h1-7H,(H,16,17). The van der Waals surface area contributed by atoms with Gasteiger partial charge in [-0.15, -0.1) is 11.3 Å². The second-order valence-electron chi connectivity index (χ2n) is 4.01. The van der Waals surface area contributed by atoms with Crippen LogP contribution in [0.5, 0.6) is 0 Å². The number of hydrogen-bond acceptors (Lipinski definition) is 4. The summed E-state index contributed by atoms with van der Waals surface area (Å²) in [6.45, 7) is 0. The lowest BCUT2D eigenvalue weighted by atomic mass is 10.3. The lowest BCUT2D eigenvalue weighted by molar-refractivity contribution is 1.28. The molecule has 0 saturated carbocycles. The van der Waals surface area contributed by atoms with Crippen LogP contribution in [0, 0.1) is 0 Å². The molecule has 0 atom stereocenters. The third-order valence-electron chi connectivity index (χ3n) is 2.89. The molecule has 0 aliphatic heterocycles. The van der Waals surface area contributed by atoms with Crippen LogP contribution < -0.4 is 0 Å². The summed E-state index contributed by atoms with van der Waals surface area (Å²) in [6, 6.07) is 8.00. The van der Waals surface area contributed by atoms with E-state index in [9.17, 15) is 0 Å². The number of fused-ring (bicyclic) bond motifs is 2. The summed E-state index contributed by atoms with van der Waals surface area (Å²) in [5.41, 5.74) is 5.89. The van der Waals surface area contributed by atoms with E-state index in [1.54, 1.807) is 23.7 Å². The second kappa shape index (κ2) is 3.61. The molecule has 4 nitrogen and oxygen atoms in total. The highest BCUT2D eigenvalue weighted by molar-refractivity contribution is 7.16. The zero-order valence-electron chi connectivity index (χ0n) is 9.29. The number of aromatic nitrogens is 4. The SMILES string of the molecule is c1cc(-c2nc3cc4scnc4cc3[nH]2)ccn1. The molecule has 0 fully saturated rings. The quantitative estimate of drug-likeness (QED) is 0.566. The summed E-state index contributed by atoms with van der Waals surface area (Å²) < 4.78 is 1.16. The summed E-state index contributed by atoms with van der Waals surface area (Å²) in [6.07, 6.45) is 3.53. The largest absolute Gasteiger partial charge is 0.338 e. The fourth-order valence-corrected chi connectivity index (χ4v) is 2.70. The van der Waals surface area contributed by atoms with E-state index in [1.165, 1.54) is 0 Å². The summed E-state index contributed by atoms with van der Waals surface area (Å²) in [7, 11) is 0. The van der Waals surface area contributed by atoms with Gasteiger partial charge in [-0.3, -0.25) is 4.98 Å². The molecular weight excluding hydrogens is 244 g/mol. The van der Waals surface area contributed by atoms with Crippen LogP contribution in [0.25, 0.3) is 32.6 Å². The third kappa shape index (κ3) is 1.41. The average molecular weight is 252 g/mol. The van der Waals surface area contributed by atoms with Crippen LogP contribution in [0.15, 0.2) is 42.2 Å². The Morgan fingerprint density at radius 3 is 2.83 bits per heavy atom. The highest BCUT2D eigenvalue weighted by atomic mass is 32.1. The maximum atomic E-state index is 4.61. The first-order valence-corrected chi connectivity index (χ1v) is 6.41. The van der Waals surface area contributed by atoms with Crippen molar-refractivity contribution in [1.82, 2.24) is 19.9 Å². The number of hydrogen-bond donors (Lipinski definition) is 1. The van der Waals surface area contributed by atoms with E-state index in [2.05, 4.69) is 26.0 Å². The average Bonchev–Trinajstić information content (AvgIpc) is 3.01. The Kier molecular flexibility index (Phi) is 1.95. The number of rotatable bonds is 1. The molecule has 0 amide bonds. The van der Waals surface area contributed by atoms with Crippen molar-refractivity contribution in [1.29, 1.82) is 0 Å². The molecule has 0 bridgehead atoms. The van der Waals surface area contributed by atoms with Crippen LogP contribution in [0.3, 0.4) is 0 Å². The molecule has 0 radical (unpaired) electrons. The Hall–Kier alpha value is -2.27. The van der Waals surface area contributed by atoms with Gasteiger partial charge in [-0.1, -0.05) is 0 Å². The highest BCUT2D eigenvalue weighted by Crippen LogP contribution is 2.26. The van der Waals surface area contributed by atoms with E-state index in [4.69, 9.17) is 0 Å². The van der Waals surface area contributed by atoms with Crippen LogP contribution in [0.2, 0.25) is 0 Å². The minimum atomic E-state index is 0.866. The van der Waals surface area contributed by atoms with Gasteiger partial charge in [0.1, 0.15) is 5.82 Å². The third-order valence-corrected chi connectivity index (χ3v) is 3.68. The zero-order valence-corrected chi connectivity index (χ0v) is 10.1. The Bertz CT molecular complexity index is 784. The molecule has 1 aromatic carbocycles. The summed E-state index contributed by atoms with van der Waals surface area (Å²) in [5, 5.41) is 0. The number of nitrogens with zero attached hydrogens (tertiary/aromatic N) is 3. The fraction of sp³-hybridized carbons (Fsp3) is 0. The van der Waals surface area contributed by atoms with Crippen molar-refractivity contribution < 1.29 is 0 Å². The minimum Gasteiger partial charge on any atom is -0.338 e. The van der Waals surface area contributed by atoms with E-state index >= 15 is 0 Å². The number of imidazole rings is 1. The lowest BCUT2D eigenvalue weighted by Gasteiger charge is -1.92. The molecule has 0 aliphatic rings. The number of H-pyrrole nitrogens is 1. The molecular formula is C13H8N4S. The van der Waals surface area contributed by atoms with E-state index in [1.807, 2.05) is 23.7 Å². The first kappa shape index (κ1) is 9.73. The molecule has 86 valence electrons. The van der Waals surface area contributed by atoms with Crippen molar-refractivity contribution in [2.45, 2.75) is 0 Å². The first-order chi connectivity index (χ1) is 8.90. The van der Waals surface area contributed by atoms with Crippen LogP contribution >= 0.6 is 11.3 Å².